The molecule has 0 aliphatic heterocycles. The largest absolute Gasteiger partial charge is 0.493 e. The Hall–Kier alpha value is -2.73. The van der Waals surface area contributed by atoms with Gasteiger partial charge in [-0.2, -0.15) is 0 Å². The lowest BCUT2D eigenvalue weighted by molar-refractivity contribution is -0.118. The normalized spacial score (nSPS) is 11.6. The van der Waals surface area contributed by atoms with Crippen molar-refractivity contribution in [1.82, 2.24) is 5.32 Å². The van der Waals surface area contributed by atoms with Crippen LogP contribution in [0.1, 0.15) is 30.6 Å². The van der Waals surface area contributed by atoms with Crippen LogP contribution < -0.4 is 20.1 Å². The molecule has 1 atom stereocenters. The van der Waals surface area contributed by atoms with Gasteiger partial charge in [0.2, 0.25) is 5.91 Å². The number of hydrogen-bond donors (Lipinski definition) is 2. The Kier molecular flexibility index (Phi) is 7.70. The Morgan fingerprint density at radius 2 is 1.64 bits per heavy atom. The minimum atomic E-state index is -0.684. The molecular weight excluding hydrogens is 380 g/mol. The predicted octanol–water partition coefficient (Wildman–Crippen LogP) is 4.14. The SMILES string of the molecule is COc1ccc(NC(=O)[C@@H](CC(C)C)NC(=O)c2ccc(Cl)cc2)cc1OC. The van der Waals surface area contributed by atoms with E-state index in [2.05, 4.69) is 10.6 Å². The van der Waals surface area contributed by atoms with Crippen molar-refractivity contribution in [2.45, 2.75) is 26.3 Å². The first-order valence-corrected chi connectivity index (χ1v) is 9.31. The Bertz CT molecular complexity index is 822. The molecule has 0 fully saturated rings. The van der Waals surface area contributed by atoms with Crippen molar-refractivity contribution in [2.75, 3.05) is 19.5 Å². The van der Waals surface area contributed by atoms with Gasteiger partial charge in [0.15, 0.2) is 11.5 Å². The highest BCUT2D eigenvalue weighted by atomic mass is 35.5. The van der Waals surface area contributed by atoms with Gasteiger partial charge < -0.3 is 20.1 Å². The first-order chi connectivity index (χ1) is 13.3. The minimum absolute atomic E-state index is 0.215. The molecule has 0 aliphatic rings. The summed E-state index contributed by atoms with van der Waals surface area (Å²) in [5.41, 5.74) is 0.995. The van der Waals surface area contributed by atoms with E-state index >= 15 is 0 Å². The van der Waals surface area contributed by atoms with Gasteiger partial charge in [-0.1, -0.05) is 25.4 Å². The Labute approximate surface area is 170 Å². The topological polar surface area (TPSA) is 76.7 Å². The van der Waals surface area contributed by atoms with E-state index in [1.165, 1.54) is 7.11 Å². The molecule has 2 aromatic carbocycles. The monoisotopic (exact) mass is 404 g/mol. The smallest absolute Gasteiger partial charge is 0.251 e. The van der Waals surface area contributed by atoms with E-state index in [9.17, 15) is 9.59 Å². The zero-order chi connectivity index (χ0) is 20.7. The van der Waals surface area contributed by atoms with E-state index in [1.54, 1.807) is 49.6 Å². The van der Waals surface area contributed by atoms with Gasteiger partial charge >= 0.3 is 0 Å². The zero-order valence-corrected chi connectivity index (χ0v) is 17.2. The van der Waals surface area contributed by atoms with E-state index in [-0.39, 0.29) is 17.7 Å². The number of methoxy groups -OCH3 is 2. The van der Waals surface area contributed by atoms with Crippen LogP contribution in [0.25, 0.3) is 0 Å². The van der Waals surface area contributed by atoms with E-state index in [0.29, 0.717) is 34.2 Å². The molecule has 2 N–H and O–H groups in total. The van der Waals surface area contributed by atoms with Crippen molar-refractivity contribution >= 4 is 29.1 Å². The maximum Gasteiger partial charge on any atom is 0.251 e. The standard InChI is InChI=1S/C21H25ClN2O4/c1-13(2)11-17(24-20(25)14-5-7-15(22)8-6-14)21(26)23-16-9-10-18(27-3)19(12-16)28-4/h5-10,12-13,17H,11H2,1-4H3,(H,23,26)(H,24,25)/t17-/m1/s1. The number of rotatable bonds is 8. The Balaban J connectivity index is 2.14. The van der Waals surface area contributed by atoms with Gasteiger partial charge in [-0.15, -0.1) is 0 Å². The minimum Gasteiger partial charge on any atom is -0.493 e. The number of hydrogen-bond acceptors (Lipinski definition) is 4. The summed E-state index contributed by atoms with van der Waals surface area (Å²) in [6, 6.07) is 10.9. The molecule has 0 aromatic heterocycles. The quantitative estimate of drug-likeness (QED) is 0.693. The van der Waals surface area contributed by atoms with E-state index < -0.39 is 6.04 Å². The fraction of sp³-hybridized carbons (Fsp3) is 0.333. The fourth-order valence-corrected chi connectivity index (χ4v) is 2.82. The van der Waals surface area contributed by atoms with Crippen LogP contribution in [0.5, 0.6) is 11.5 Å². The van der Waals surface area contributed by atoms with Gasteiger partial charge in [0.05, 0.1) is 14.2 Å². The molecule has 0 bridgehead atoms. The summed E-state index contributed by atoms with van der Waals surface area (Å²) in [4.78, 5) is 25.3. The molecule has 28 heavy (non-hydrogen) atoms. The van der Waals surface area contributed by atoms with Crippen molar-refractivity contribution in [1.29, 1.82) is 0 Å². The molecule has 2 amide bonds. The van der Waals surface area contributed by atoms with Gasteiger partial charge in [0, 0.05) is 22.3 Å². The van der Waals surface area contributed by atoms with Gasteiger partial charge in [0.1, 0.15) is 6.04 Å². The van der Waals surface area contributed by atoms with Crippen molar-refractivity contribution in [3.8, 4) is 11.5 Å². The number of carbonyl (C=O) groups is 2. The van der Waals surface area contributed by atoms with E-state index in [4.69, 9.17) is 21.1 Å². The molecule has 2 rings (SSSR count). The van der Waals surface area contributed by atoms with Crippen molar-refractivity contribution < 1.29 is 19.1 Å². The molecule has 0 heterocycles. The highest BCUT2D eigenvalue weighted by Gasteiger charge is 2.23. The number of ether oxygens (including phenoxy) is 2. The van der Waals surface area contributed by atoms with Crippen LogP contribution in [0, 0.1) is 5.92 Å². The number of carbonyl (C=O) groups excluding carboxylic acids is 2. The lowest BCUT2D eigenvalue weighted by Gasteiger charge is -2.20. The zero-order valence-electron chi connectivity index (χ0n) is 16.4. The van der Waals surface area contributed by atoms with Crippen molar-refractivity contribution in [3.05, 3.63) is 53.1 Å². The summed E-state index contributed by atoms with van der Waals surface area (Å²) in [6.07, 6.45) is 0.498. The first kappa shape index (κ1) is 21.6. The highest BCUT2D eigenvalue weighted by Crippen LogP contribution is 2.29. The number of halogens is 1. The van der Waals surface area contributed by atoms with Crippen LogP contribution in [0.4, 0.5) is 5.69 Å². The predicted molar refractivity (Wildman–Crippen MR) is 110 cm³/mol. The lowest BCUT2D eigenvalue weighted by atomic mass is 10.0. The molecule has 0 unspecified atom stereocenters. The molecule has 0 radical (unpaired) electrons. The van der Waals surface area contributed by atoms with Crippen molar-refractivity contribution in [3.63, 3.8) is 0 Å². The molecule has 2 aromatic rings. The Morgan fingerprint density at radius 3 is 2.21 bits per heavy atom. The summed E-state index contributed by atoms with van der Waals surface area (Å²) < 4.78 is 10.5. The van der Waals surface area contributed by atoms with Gasteiger partial charge in [0.25, 0.3) is 5.91 Å². The van der Waals surface area contributed by atoms with Crippen LogP contribution in [0.3, 0.4) is 0 Å². The van der Waals surface area contributed by atoms with Crippen LogP contribution in [-0.4, -0.2) is 32.1 Å². The molecule has 150 valence electrons. The van der Waals surface area contributed by atoms with E-state index in [1.807, 2.05) is 13.8 Å². The molecule has 7 heteroatoms. The molecule has 0 saturated carbocycles. The number of nitrogens with one attached hydrogen (secondary N) is 2. The summed E-state index contributed by atoms with van der Waals surface area (Å²) in [7, 11) is 3.07. The molecule has 0 aliphatic carbocycles. The third-order valence-corrected chi connectivity index (χ3v) is 4.34. The third-order valence-electron chi connectivity index (χ3n) is 4.09. The number of anilines is 1. The van der Waals surface area contributed by atoms with Gasteiger partial charge in [-0.05, 0) is 48.7 Å². The molecule has 6 nitrogen and oxygen atoms in total. The summed E-state index contributed by atoms with van der Waals surface area (Å²) in [6.45, 7) is 3.98. The second kappa shape index (κ2) is 9.99. The first-order valence-electron chi connectivity index (χ1n) is 8.93. The number of benzene rings is 2. The average molecular weight is 405 g/mol. The highest BCUT2D eigenvalue weighted by molar-refractivity contribution is 6.30. The fourth-order valence-electron chi connectivity index (χ4n) is 2.69. The lowest BCUT2D eigenvalue weighted by Crippen LogP contribution is -2.44. The molecule has 0 spiro atoms. The van der Waals surface area contributed by atoms with Gasteiger partial charge in [-0.3, -0.25) is 9.59 Å². The summed E-state index contributed by atoms with van der Waals surface area (Å²) in [5, 5.41) is 6.18. The molecular formula is C21H25ClN2O4. The van der Waals surface area contributed by atoms with Crippen LogP contribution in [0.15, 0.2) is 42.5 Å². The summed E-state index contributed by atoms with van der Waals surface area (Å²) >= 11 is 5.86. The maximum atomic E-state index is 12.8. The van der Waals surface area contributed by atoms with Gasteiger partial charge in [-0.25, -0.2) is 0 Å². The summed E-state index contributed by atoms with van der Waals surface area (Å²) in [5.74, 6) is 0.654. The second-order valence-corrected chi connectivity index (χ2v) is 7.16. The number of amides is 2. The maximum absolute atomic E-state index is 12.8. The Morgan fingerprint density at radius 1 is 1.00 bits per heavy atom. The van der Waals surface area contributed by atoms with Crippen LogP contribution >= 0.6 is 11.6 Å². The van der Waals surface area contributed by atoms with Crippen molar-refractivity contribution in [2.24, 2.45) is 5.92 Å². The van der Waals surface area contributed by atoms with Crippen LogP contribution in [0.2, 0.25) is 5.02 Å². The third kappa shape index (κ3) is 5.89. The molecule has 0 saturated heterocycles. The second-order valence-electron chi connectivity index (χ2n) is 6.72. The van der Waals surface area contributed by atoms with E-state index in [0.717, 1.165) is 0 Å². The average Bonchev–Trinajstić information content (AvgIpc) is 2.67. The van der Waals surface area contributed by atoms with Crippen LogP contribution in [-0.2, 0) is 4.79 Å².